The molecule has 2 saturated carbocycles. The van der Waals surface area contributed by atoms with Crippen LogP contribution in [0, 0.1) is 5.82 Å². The first-order chi connectivity index (χ1) is 14.3. The fourth-order valence-corrected chi connectivity index (χ4v) is 6.03. The van der Waals surface area contributed by atoms with Gasteiger partial charge in [0.05, 0.1) is 4.90 Å². The maximum atomic E-state index is 13.7. The summed E-state index contributed by atoms with van der Waals surface area (Å²) in [5, 5.41) is 0. The Morgan fingerprint density at radius 3 is 2.67 bits per heavy atom. The highest BCUT2D eigenvalue weighted by Gasteiger charge is 2.31. The second-order valence-corrected chi connectivity index (χ2v) is 10.1. The van der Waals surface area contributed by atoms with Crippen molar-refractivity contribution in [1.29, 1.82) is 0 Å². The van der Waals surface area contributed by atoms with E-state index in [1.54, 1.807) is 18.2 Å². The second-order valence-electron chi connectivity index (χ2n) is 8.36. The van der Waals surface area contributed by atoms with Crippen LogP contribution < -0.4 is 16.1 Å². The summed E-state index contributed by atoms with van der Waals surface area (Å²) in [5.74, 6) is -0.757. The van der Waals surface area contributed by atoms with Gasteiger partial charge in [-0.05, 0) is 55.7 Å². The minimum absolute atomic E-state index is 0.270. The average Bonchev–Trinajstić information content (AvgIpc) is 3.19. The first-order valence-corrected chi connectivity index (χ1v) is 12.0. The maximum absolute atomic E-state index is 13.7. The number of nitrogen functional groups attached to an aromatic ring is 1. The van der Waals surface area contributed by atoms with Crippen molar-refractivity contribution in [3.05, 3.63) is 52.3 Å². The lowest BCUT2D eigenvalue weighted by Gasteiger charge is -2.22. The van der Waals surface area contributed by atoms with Gasteiger partial charge in [-0.15, -0.1) is 0 Å². The zero-order valence-corrected chi connectivity index (χ0v) is 17.6. The lowest BCUT2D eigenvalue weighted by atomic mass is 9.84. The van der Waals surface area contributed by atoms with E-state index in [-0.39, 0.29) is 17.0 Å². The number of hydrogen-bond acceptors (Lipinski definition) is 5. The number of nitrogens with two attached hydrogens (primary N) is 1. The van der Waals surface area contributed by atoms with Crippen LogP contribution in [0.4, 0.5) is 10.2 Å². The van der Waals surface area contributed by atoms with E-state index in [1.165, 1.54) is 23.8 Å². The van der Waals surface area contributed by atoms with Gasteiger partial charge in [0, 0.05) is 18.3 Å². The van der Waals surface area contributed by atoms with Crippen molar-refractivity contribution in [2.24, 2.45) is 0 Å². The maximum Gasteiger partial charge on any atom is 0.349 e. The molecule has 2 aliphatic carbocycles. The van der Waals surface area contributed by atoms with Gasteiger partial charge in [-0.1, -0.05) is 31.4 Å². The van der Waals surface area contributed by atoms with Crippen molar-refractivity contribution >= 4 is 15.8 Å². The average molecular weight is 435 g/mol. The topological polar surface area (TPSA) is 107 Å². The molecule has 1 aromatic carbocycles. The molecule has 0 amide bonds. The van der Waals surface area contributed by atoms with Crippen LogP contribution in [0.2, 0.25) is 0 Å². The predicted molar refractivity (Wildman–Crippen MR) is 112 cm³/mol. The number of benzene rings is 1. The second kappa shape index (κ2) is 8.47. The molecule has 162 valence electrons. The van der Waals surface area contributed by atoms with E-state index in [4.69, 9.17) is 5.73 Å². The minimum Gasteiger partial charge on any atom is -0.381 e. The SMILES string of the molecule is Nc1nc(=O)n(C2CCC(NS(=O)(=O)c3cccc(C4CCCCC4)c3)C2)cc1F. The summed E-state index contributed by atoms with van der Waals surface area (Å²) >= 11 is 0. The number of rotatable bonds is 5. The normalized spacial score (nSPS) is 23.0. The lowest BCUT2D eigenvalue weighted by Crippen LogP contribution is -2.34. The van der Waals surface area contributed by atoms with Crippen molar-refractivity contribution in [2.45, 2.75) is 74.3 Å². The molecule has 2 fully saturated rings. The van der Waals surface area contributed by atoms with Crippen LogP contribution in [0.25, 0.3) is 0 Å². The van der Waals surface area contributed by atoms with Gasteiger partial charge in [0.2, 0.25) is 10.0 Å². The molecule has 1 aromatic heterocycles. The largest absolute Gasteiger partial charge is 0.381 e. The fourth-order valence-electron chi connectivity index (χ4n) is 4.70. The highest BCUT2D eigenvalue weighted by molar-refractivity contribution is 7.89. The highest BCUT2D eigenvalue weighted by Crippen LogP contribution is 2.34. The summed E-state index contributed by atoms with van der Waals surface area (Å²) in [5.41, 5.74) is 5.80. The van der Waals surface area contributed by atoms with Gasteiger partial charge >= 0.3 is 5.69 Å². The third-order valence-corrected chi connectivity index (χ3v) is 7.82. The molecule has 1 heterocycles. The van der Waals surface area contributed by atoms with Crippen molar-refractivity contribution < 1.29 is 12.8 Å². The number of anilines is 1. The number of hydrogen-bond donors (Lipinski definition) is 2. The number of nitrogens with one attached hydrogen (secondary N) is 1. The van der Waals surface area contributed by atoms with Crippen LogP contribution in [0.5, 0.6) is 0 Å². The smallest absolute Gasteiger partial charge is 0.349 e. The van der Waals surface area contributed by atoms with Gasteiger partial charge in [-0.3, -0.25) is 4.57 Å². The Kier molecular flexibility index (Phi) is 5.92. The molecule has 9 heteroatoms. The molecule has 30 heavy (non-hydrogen) atoms. The van der Waals surface area contributed by atoms with Crippen LogP contribution >= 0.6 is 0 Å². The van der Waals surface area contributed by atoms with E-state index in [9.17, 15) is 17.6 Å². The summed E-state index contributed by atoms with van der Waals surface area (Å²) in [6.07, 6.45) is 8.38. The Balaban J connectivity index is 1.47. The molecule has 2 unspecified atom stereocenters. The third-order valence-electron chi connectivity index (χ3n) is 6.30. The molecule has 0 radical (unpaired) electrons. The number of nitrogens with zero attached hydrogens (tertiary/aromatic N) is 2. The van der Waals surface area contributed by atoms with Crippen LogP contribution in [0.3, 0.4) is 0 Å². The Hall–Kier alpha value is -2.26. The van der Waals surface area contributed by atoms with E-state index in [1.807, 2.05) is 6.07 Å². The van der Waals surface area contributed by atoms with E-state index >= 15 is 0 Å². The molecule has 7 nitrogen and oxygen atoms in total. The molecule has 2 aromatic rings. The molecule has 2 aliphatic rings. The number of sulfonamides is 1. The van der Waals surface area contributed by atoms with E-state index in [0.717, 1.165) is 24.6 Å². The Labute approximate surface area is 175 Å². The number of halogens is 1. The summed E-state index contributed by atoms with van der Waals surface area (Å²) in [7, 11) is -3.68. The summed E-state index contributed by atoms with van der Waals surface area (Å²) in [6.45, 7) is 0. The molecule has 0 bridgehead atoms. The quantitative estimate of drug-likeness (QED) is 0.752. The minimum atomic E-state index is -3.68. The summed E-state index contributed by atoms with van der Waals surface area (Å²) in [4.78, 5) is 15.8. The molecule has 2 atom stereocenters. The zero-order chi connectivity index (χ0) is 21.3. The van der Waals surface area contributed by atoms with Crippen molar-refractivity contribution in [2.75, 3.05) is 5.73 Å². The van der Waals surface area contributed by atoms with Gasteiger partial charge in [-0.25, -0.2) is 22.3 Å². The highest BCUT2D eigenvalue weighted by atomic mass is 32.2. The molecular weight excluding hydrogens is 407 g/mol. The standard InChI is InChI=1S/C21H27FN4O3S/c22-19-13-26(21(27)24-20(19)23)17-10-9-16(12-17)25-30(28,29)18-8-4-7-15(11-18)14-5-2-1-3-6-14/h4,7-8,11,13-14,16-17,25H,1-3,5-6,9-10,12H2,(H2,23,24,27). The van der Waals surface area contributed by atoms with E-state index in [2.05, 4.69) is 9.71 Å². The summed E-state index contributed by atoms with van der Waals surface area (Å²) < 4.78 is 43.6. The molecule has 3 N–H and O–H groups in total. The van der Waals surface area contributed by atoms with E-state index < -0.39 is 27.3 Å². The number of aromatic nitrogens is 2. The van der Waals surface area contributed by atoms with E-state index in [0.29, 0.717) is 25.2 Å². The third kappa shape index (κ3) is 4.41. The lowest BCUT2D eigenvalue weighted by molar-refractivity contribution is 0.443. The summed E-state index contributed by atoms with van der Waals surface area (Å²) in [6, 6.07) is 6.57. The molecule has 0 aliphatic heterocycles. The fraction of sp³-hybridized carbons (Fsp3) is 0.524. The Morgan fingerprint density at radius 2 is 1.90 bits per heavy atom. The van der Waals surface area contributed by atoms with Crippen LogP contribution in [0.15, 0.2) is 40.2 Å². The first kappa shape index (κ1) is 21.0. The van der Waals surface area contributed by atoms with Gasteiger partial charge in [0.1, 0.15) is 0 Å². The van der Waals surface area contributed by atoms with Gasteiger partial charge in [0.15, 0.2) is 11.6 Å². The molecular formula is C21H27FN4O3S. The van der Waals surface area contributed by atoms with Crippen molar-refractivity contribution in [1.82, 2.24) is 14.3 Å². The predicted octanol–water partition coefficient (Wildman–Crippen LogP) is 3.08. The van der Waals surface area contributed by atoms with Crippen LogP contribution in [-0.4, -0.2) is 24.0 Å². The Morgan fingerprint density at radius 1 is 1.13 bits per heavy atom. The Bertz CT molecular complexity index is 1080. The van der Waals surface area contributed by atoms with Crippen LogP contribution in [0.1, 0.15) is 68.9 Å². The van der Waals surface area contributed by atoms with Gasteiger partial charge < -0.3 is 5.73 Å². The van der Waals surface area contributed by atoms with Crippen molar-refractivity contribution in [3.8, 4) is 0 Å². The van der Waals surface area contributed by atoms with Crippen molar-refractivity contribution in [3.63, 3.8) is 0 Å². The van der Waals surface area contributed by atoms with Crippen LogP contribution in [-0.2, 0) is 10.0 Å². The first-order valence-electron chi connectivity index (χ1n) is 10.5. The molecule has 0 spiro atoms. The molecule has 4 rings (SSSR count). The van der Waals surface area contributed by atoms with Gasteiger partial charge in [-0.2, -0.15) is 4.98 Å². The zero-order valence-electron chi connectivity index (χ0n) is 16.8. The monoisotopic (exact) mass is 434 g/mol. The van der Waals surface area contributed by atoms with Gasteiger partial charge in [0.25, 0.3) is 0 Å². The molecule has 0 saturated heterocycles.